The summed E-state index contributed by atoms with van der Waals surface area (Å²) < 4.78 is 5.22. The first-order valence-electron chi connectivity index (χ1n) is 6.33. The maximum atomic E-state index is 5.74. The average molecular weight is 260 g/mol. The molecule has 3 rings (SSSR count). The lowest BCUT2D eigenvalue weighted by Crippen LogP contribution is -2.33. The third-order valence-electron chi connectivity index (χ3n) is 2.83. The second kappa shape index (κ2) is 5.13. The molecule has 19 heavy (non-hydrogen) atoms. The molecule has 0 radical (unpaired) electrons. The summed E-state index contributed by atoms with van der Waals surface area (Å²) in [6.07, 6.45) is 4.64. The predicted octanol–water partition coefficient (Wildman–Crippen LogP) is 0.674. The molecule has 1 saturated carbocycles. The Hall–Kier alpha value is -2.31. The van der Waals surface area contributed by atoms with E-state index in [-0.39, 0.29) is 0 Å². The fraction of sp³-hybridized carbons (Fsp3) is 0.417. The zero-order valence-corrected chi connectivity index (χ0v) is 10.5. The Morgan fingerprint density at radius 3 is 3.21 bits per heavy atom. The molecule has 2 heterocycles. The van der Waals surface area contributed by atoms with Crippen LogP contribution in [0, 0.1) is 0 Å². The van der Waals surface area contributed by atoms with Gasteiger partial charge in [-0.05, 0) is 25.0 Å². The van der Waals surface area contributed by atoms with E-state index < -0.39 is 0 Å². The molecule has 7 nitrogen and oxygen atoms in total. The molecule has 2 aromatic heterocycles. The third kappa shape index (κ3) is 3.12. The second-order valence-corrected chi connectivity index (χ2v) is 4.52. The van der Waals surface area contributed by atoms with Crippen LogP contribution in [-0.2, 0) is 6.42 Å². The van der Waals surface area contributed by atoms with Crippen LogP contribution in [0.5, 0.6) is 0 Å². The summed E-state index contributed by atoms with van der Waals surface area (Å²) in [5.41, 5.74) is 5.74. The Kier molecular flexibility index (Phi) is 3.18. The molecule has 0 atom stereocenters. The van der Waals surface area contributed by atoms with Gasteiger partial charge < -0.3 is 15.5 Å². The van der Waals surface area contributed by atoms with Crippen LogP contribution in [0.25, 0.3) is 11.6 Å². The minimum absolute atomic E-state index is 0.508. The summed E-state index contributed by atoms with van der Waals surface area (Å²) in [5, 5.41) is 10.1. The molecule has 1 fully saturated rings. The topological polar surface area (TPSA) is 105 Å². The standard InChI is InChI=1S/C12H16N6O/c13-12(15-8-3-4-8)14-6-5-10-16-11(18-17-10)9-2-1-7-19-9/h1-2,7-8H,3-6H2,(H3,13,14,15)(H,16,17,18). The van der Waals surface area contributed by atoms with E-state index in [1.165, 1.54) is 12.8 Å². The van der Waals surface area contributed by atoms with Crippen molar-refractivity contribution in [1.82, 2.24) is 20.5 Å². The number of aromatic amines is 1. The van der Waals surface area contributed by atoms with Crippen molar-refractivity contribution in [2.45, 2.75) is 25.3 Å². The third-order valence-corrected chi connectivity index (χ3v) is 2.83. The fourth-order valence-corrected chi connectivity index (χ4v) is 1.69. The summed E-state index contributed by atoms with van der Waals surface area (Å²) in [6, 6.07) is 4.15. The lowest BCUT2D eigenvalue weighted by Gasteiger charge is -2.01. The first-order valence-corrected chi connectivity index (χ1v) is 6.33. The van der Waals surface area contributed by atoms with E-state index in [4.69, 9.17) is 10.2 Å². The van der Waals surface area contributed by atoms with E-state index in [1.807, 2.05) is 6.07 Å². The Bertz CT molecular complexity index is 555. The molecule has 100 valence electrons. The Labute approximate surface area is 110 Å². The van der Waals surface area contributed by atoms with Crippen LogP contribution < -0.4 is 11.1 Å². The molecular formula is C12H16N6O. The van der Waals surface area contributed by atoms with Crippen LogP contribution in [0.15, 0.2) is 27.8 Å². The largest absolute Gasteiger partial charge is 0.461 e. The summed E-state index contributed by atoms with van der Waals surface area (Å²) in [4.78, 5) is 8.58. The van der Waals surface area contributed by atoms with Gasteiger partial charge in [0.1, 0.15) is 5.82 Å². The van der Waals surface area contributed by atoms with Crippen molar-refractivity contribution in [2.75, 3.05) is 6.54 Å². The van der Waals surface area contributed by atoms with Crippen LogP contribution in [0.4, 0.5) is 0 Å². The normalized spacial score (nSPS) is 15.7. The molecule has 0 aromatic carbocycles. The fourth-order valence-electron chi connectivity index (χ4n) is 1.69. The number of nitrogens with one attached hydrogen (secondary N) is 2. The number of rotatable bonds is 5. The highest BCUT2D eigenvalue weighted by Gasteiger charge is 2.21. The number of aromatic nitrogens is 3. The van der Waals surface area contributed by atoms with Crippen LogP contribution in [-0.4, -0.2) is 33.7 Å². The van der Waals surface area contributed by atoms with Crippen molar-refractivity contribution in [2.24, 2.45) is 10.7 Å². The summed E-state index contributed by atoms with van der Waals surface area (Å²) in [6.45, 7) is 0.582. The summed E-state index contributed by atoms with van der Waals surface area (Å²) >= 11 is 0. The number of furan rings is 1. The molecule has 0 spiro atoms. The quantitative estimate of drug-likeness (QED) is 0.541. The van der Waals surface area contributed by atoms with Gasteiger partial charge in [-0.15, -0.1) is 0 Å². The highest BCUT2D eigenvalue weighted by molar-refractivity contribution is 5.78. The van der Waals surface area contributed by atoms with E-state index in [0.717, 1.165) is 5.82 Å². The molecule has 4 N–H and O–H groups in total. The monoisotopic (exact) mass is 260 g/mol. The summed E-state index contributed by atoms with van der Waals surface area (Å²) in [7, 11) is 0. The number of guanidine groups is 1. The zero-order valence-electron chi connectivity index (χ0n) is 10.5. The van der Waals surface area contributed by atoms with Gasteiger partial charge in [0.05, 0.1) is 6.26 Å². The van der Waals surface area contributed by atoms with Gasteiger partial charge in [0.15, 0.2) is 11.7 Å². The molecule has 7 heteroatoms. The van der Waals surface area contributed by atoms with Crippen LogP contribution in [0.2, 0.25) is 0 Å². The lowest BCUT2D eigenvalue weighted by atomic mass is 10.4. The number of hydrogen-bond acceptors (Lipinski definition) is 4. The molecule has 1 aliphatic carbocycles. The average Bonchev–Trinajstić information content (AvgIpc) is 2.91. The molecule has 0 aliphatic heterocycles. The van der Waals surface area contributed by atoms with Gasteiger partial charge in [-0.25, -0.2) is 4.98 Å². The van der Waals surface area contributed by atoms with E-state index >= 15 is 0 Å². The summed E-state index contributed by atoms with van der Waals surface area (Å²) in [5.74, 6) is 2.50. The number of nitrogens with zero attached hydrogens (tertiary/aromatic N) is 3. The number of H-pyrrole nitrogens is 1. The van der Waals surface area contributed by atoms with Gasteiger partial charge in [-0.3, -0.25) is 10.1 Å². The van der Waals surface area contributed by atoms with Gasteiger partial charge in [-0.2, -0.15) is 5.10 Å². The maximum Gasteiger partial charge on any atom is 0.216 e. The highest BCUT2D eigenvalue weighted by atomic mass is 16.3. The van der Waals surface area contributed by atoms with Crippen molar-refractivity contribution >= 4 is 5.96 Å². The van der Waals surface area contributed by atoms with Crippen molar-refractivity contribution in [3.8, 4) is 11.6 Å². The molecule has 2 aromatic rings. The number of nitrogens with two attached hydrogens (primary N) is 1. The Morgan fingerprint density at radius 1 is 1.58 bits per heavy atom. The van der Waals surface area contributed by atoms with E-state index in [1.54, 1.807) is 12.3 Å². The zero-order chi connectivity index (χ0) is 13.1. The molecule has 1 aliphatic rings. The second-order valence-electron chi connectivity index (χ2n) is 4.52. The minimum Gasteiger partial charge on any atom is -0.461 e. The first kappa shape index (κ1) is 11.8. The molecule has 0 saturated heterocycles. The van der Waals surface area contributed by atoms with E-state index in [0.29, 0.717) is 36.6 Å². The lowest BCUT2D eigenvalue weighted by molar-refractivity contribution is 0.577. The van der Waals surface area contributed by atoms with Crippen LogP contribution in [0.1, 0.15) is 18.7 Å². The molecular weight excluding hydrogens is 244 g/mol. The van der Waals surface area contributed by atoms with Crippen molar-refractivity contribution in [3.05, 3.63) is 24.2 Å². The highest BCUT2D eigenvalue weighted by Crippen LogP contribution is 2.18. The maximum absolute atomic E-state index is 5.74. The van der Waals surface area contributed by atoms with Gasteiger partial charge in [-0.1, -0.05) is 0 Å². The van der Waals surface area contributed by atoms with Gasteiger partial charge >= 0.3 is 0 Å². The van der Waals surface area contributed by atoms with Crippen molar-refractivity contribution in [1.29, 1.82) is 0 Å². The van der Waals surface area contributed by atoms with Crippen molar-refractivity contribution in [3.63, 3.8) is 0 Å². The minimum atomic E-state index is 0.508. The van der Waals surface area contributed by atoms with Gasteiger partial charge in [0.2, 0.25) is 5.82 Å². The first-order chi connectivity index (χ1) is 9.31. The number of aliphatic imine (C=N–C) groups is 1. The predicted molar refractivity (Wildman–Crippen MR) is 70.4 cm³/mol. The Morgan fingerprint density at radius 2 is 2.47 bits per heavy atom. The van der Waals surface area contributed by atoms with E-state index in [2.05, 4.69) is 25.5 Å². The SMILES string of the molecule is NC(=NCCc1nc(-c2ccco2)n[nH]1)NC1CC1. The number of hydrogen-bond donors (Lipinski definition) is 3. The van der Waals surface area contributed by atoms with Crippen LogP contribution >= 0.6 is 0 Å². The van der Waals surface area contributed by atoms with Gasteiger partial charge in [0, 0.05) is 19.0 Å². The van der Waals surface area contributed by atoms with Crippen molar-refractivity contribution < 1.29 is 4.42 Å². The van der Waals surface area contributed by atoms with E-state index in [9.17, 15) is 0 Å². The Balaban J connectivity index is 1.52. The molecule has 0 unspecified atom stereocenters. The van der Waals surface area contributed by atoms with Crippen LogP contribution in [0.3, 0.4) is 0 Å². The smallest absolute Gasteiger partial charge is 0.216 e. The molecule has 0 amide bonds. The molecule has 0 bridgehead atoms. The van der Waals surface area contributed by atoms with Gasteiger partial charge in [0.25, 0.3) is 0 Å².